The van der Waals surface area contributed by atoms with Crippen molar-refractivity contribution < 1.29 is 19.0 Å². The molecule has 0 aliphatic carbocycles. The predicted molar refractivity (Wildman–Crippen MR) is 117 cm³/mol. The lowest BCUT2D eigenvalue weighted by molar-refractivity contribution is 0.0464. The van der Waals surface area contributed by atoms with Crippen LogP contribution >= 0.6 is 0 Å². The molecule has 3 aromatic heterocycles. The maximum atomic E-state index is 12.3. The highest BCUT2D eigenvalue weighted by Crippen LogP contribution is 2.24. The molecule has 0 aromatic carbocycles. The highest BCUT2D eigenvalue weighted by atomic mass is 16.5. The van der Waals surface area contributed by atoms with Crippen molar-refractivity contribution in [2.24, 2.45) is 0 Å². The monoisotopic (exact) mass is 435 g/mol. The van der Waals surface area contributed by atoms with E-state index in [0.29, 0.717) is 5.88 Å². The summed E-state index contributed by atoms with van der Waals surface area (Å²) >= 11 is 0. The van der Waals surface area contributed by atoms with E-state index < -0.39 is 5.97 Å². The van der Waals surface area contributed by atoms with E-state index in [-0.39, 0.29) is 18.4 Å². The molecule has 0 bridgehead atoms. The van der Waals surface area contributed by atoms with E-state index in [1.807, 2.05) is 13.0 Å². The lowest BCUT2D eigenvalue weighted by Crippen LogP contribution is -2.39. The number of rotatable bonds is 7. The van der Waals surface area contributed by atoms with E-state index in [9.17, 15) is 4.79 Å². The molecular formula is C23H25N5O4. The number of carbonyl (C=O) groups excluding carboxylic acids is 1. The Balaban J connectivity index is 1.31. The molecule has 32 heavy (non-hydrogen) atoms. The highest BCUT2D eigenvalue weighted by Gasteiger charge is 2.24. The van der Waals surface area contributed by atoms with E-state index >= 15 is 0 Å². The van der Waals surface area contributed by atoms with Gasteiger partial charge in [0.15, 0.2) is 11.5 Å². The first-order valence-corrected chi connectivity index (χ1v) is 10.4. The molecule has 1 aliphatic rings. The van der Waals surface area contributed by atoms with Gasteiger partial charge in [-0.1, -0.05) is 0 Å². The first-order valence-electron chi connectivity index (χ1n) is 10.4. The summed E-state index contributed by atoms with van der Waals surface area (Å²) in [6.07, 6.45) is 6.80. The van der Waals surface area contributed by atoms with Crippen LogP contribution in [0.1, 0.15) is 34.5 Å². The average molecular weight is 435 g/mol. The minimum atomic E-state index is -0.496. The summed E-state index contributed by atoms with van der Waals surface area (Å²) in [5.74, 6) is 1.57. The lowest BCUT2D eigenvalue weighted by atomic mass is 10.1. The Kier molecular flexibility index (Phi) is 6.74. The summed E-state index contributed by atoms with van der Waals surface area (Å²) in [7, 11) is 1.58. The van der Waals surface area contributed by atoms with Crippen molar-refractivity contribution in [3.8, 4) is 11.6 Å². The molecule has 1 aliphatic heterocycles. The minimum Gasteiger partial charge on any atom is -0.489 e. The van der Waals surface area contributed by atoms with Crippen LogP contribution in [-0.4, -0.2) is 52.4 Å². The molecule has 9 heteroatoms. The van der Waals surface area contributed by atoms with Gasteiger partial charge in [-0.3, -0.25) is 4.98 Å². The summed E-state index contributed by atoms with van der Waals surface area (Å²) < 4.78 is 16.4. The first-order chi connectivity index (χ1) is 15.6. The van der Waals surface area contributed by atoms with Crippen molar-refractivity contribution >= 4 is 11.8 Å². The van der Waals surface area contributed by atoms with E-state index in [1.165, 1.54) is 0 Å². The van der Waals surface area contributed by atoms with E-state index in [1.54, 1.807) is 50.0 Å². The molecule has 4 rings (SSSR count). The Hall–Kier alpha value is -3.75. The van der Waals surface area contributed by atoms with Gasteiger partial charge in [-0.2, -0.15) is 0 Å². The topological polar surface area (TPSA) is 99.6 Å². The standard InChI is InChI=1S/C23H25N5O4/c1-16-13-20(23(29)31-15-17-5-9-24-10-6-17)26-27-22(16)28-11-7-18(8-12-28)32-19-3-4-21(30-2)25-14-19/h3-6,9-10,13-14,18H,7-8,11-12,15H2,1-2H3. The van der Waals surface area contributed by atoms with Gasteiger partial charge in [0.1, 0.15) is 18.5 Å². The Morgan fingerprint density at radius 2 is 1.91 bits per heavy atom. The van der Waals surface area contributed by atoms with Gasteiger partial charge in [0.25, 0.3) is 0 Å². The van der Waals surface area contributed by atoms with Crippen molar-refractivity contribution in [1.29, 1.82) is 0 Å². The molecule has 0 amide bonds. The van der Waals surface area contributed by atoms with Gasteiger partial charge in [0, 0.05) is 44.4 Å². The number of aryl methyl sites for hydroxylation is 1. The number of piperidine rings is 1. The average Bonchev–Trinajstić information content (AvgIpc) is 2.84. The Bertz CT molecular complexity index is 1040. The molecule has 0 spiro atoms. The van der Waals surface area contributed by atoms with Gasteiger partial charge in [0.2, 0.25) is 5.88 Å². The number of hydrogen-bond acceptors (Lipinski definition) is 9. The third kappa shape index (κ3) is 5.29. The van der Waals surface area contributed by atoms with Crippen molar-refractivity contribution in [1.82, 2.24) is 20.2 Å². The van der Waals surface area contributed by atoms with Gasteiger partial charge in [-0.15, -0.1) is 10.2 Å². The maximum absolute atomic E-state index is 12.3. The summed E-state index contributed by atoms with van der Waals surface area (Å²) in [5.41, 5.74) is 1.95. The van der Waals surface area contributed by atoms with Crippen molar-refractivity contribution in [2.45, 2.75) is 32.5 Å². The zero-order valence-corrected chi connectivity index (χ0v) is 18.1. The minimum absolute atomic E-state index is 0.108. The summed E-state index contributed by atoms with van der Waals surface area (Å²) in [6.45, 7) is 3.67. The number of methoxy groups -OCH3 is 1. The van der Waals surface area contributed by atoms with Crippen molar-refractivity contribution in [3.63, 3.8) is 0 Å². The quantitative estimate of drug-likeness (QED) is 0.519. The second-order valence-corrected chi connectivity index (χ2v) is 7.51. The molecule has 166 valence electrons. The largest absolute Gasteiger partial charge is 0.489 e. The number of carbonyl (C=O) groups is 1. The molecule has 0 saturated carbocycles. The second-order valence-electron chi connectivity index (χ2n) is 7.51. The molecule has 0 atom stereocenters. The van der Waals surface area contributed by atoms with Gasteiger partial charge in [0.05, 0.1) is 13.3 Å². The normalized spacial score (nSPS) is 14.1. The third-order valence-electron chi connectivity index (χ3n) is 5.25. The van der Waals surface area contributed by atoms with Crippen LogP contribution in [0.25, 0.3) is 0 Å². The zero-order chi connectivity index (χ0) is 22.3. The second kappa shape index (κ2) is 10.0. The number of esters is 1. The van der Waals surface area contributed by atoms with Crippen LogP contribution in [0.5, 0.6) is 11.6 Å². The number of anilines is 1. The van der Waals surface area contributed by atoms with E-state index in [0.717, 1.165) is 48.6 Å². The number of aromatic nitrogens is 4. The fourth-order valence-corrected chi connectivity index (χ4v) is 3.53. The summed E-state index contributed by atoms with van der Waals surface area (Å²) in [6, 6.07) is 8.97. The predicted octanol–water partition coefficient (Wildman–Crippen LogP) is 2.99. The van der Waals surface area contributed by atoms with Crippen LogP contribution in [0.4, 0.5) is 5.82 Å². The Morgan fingerprint density at radius 3 is 2.56 bits per heavy atom. The van der Waals surface area contributed by atoms with Crippen LogP contribution in [0, 0.1) is 6.92 Å². The highest BCUT2D eigenvalue weighted by molar-refractivity contribution is 5.87. The summed E-state index contributed by atoms with van der Waals surface area (Å²) in [5, 5.41) is 8.41. The van der Waals surface area contributed by atoms with Crippen LogP contribution in [0.2, 0.25) is 0 Å². The van der Waals surface area contributed by atoms with E-state index in [2.05, 4.69) is 25.1 Å². The lowest BCUT2D eigenvalue weighted by Gasteiger charge is -2.33. The van der Waals surface area contributed by atoms with Gasteiger partial charge < -0.3 is 19.1 Å². The zero-order valence-electron chi connectivity index (χ0n) is 18.1. The number of ether oxygens (including phenoxy) is 3. The van der Waals surface area contributed by atoms with E-state index in [4.69, 9.17) is 14.2 Å². The molecule has 4 heterocycles. The third-order valence-corrected chi connectivity index (χ3v) is 5.25. The summed E-state index contributed by atoms with van der Waals surface area (Å²) in [4.78, 5) is 22.6. The molecule has 0 radical (unpaired) electrons. The Morgan fingerprint density at radius 1 is 1.12 bits per heavy atom. The fraction of sp³-hybridized carbons (Fsp3) is 0.348. The van der Waals surface area contributed by atoms with Gasteiger partial charge >= 0.3 is 5.97 Å². The van der Waals surface area contributed by atoms with Gasteiger partial charge in [-0.05, 0) is 42.3 Å². The molecular weight excluding hydrogens is 410 g/mol. The Labute approximate surface area is 186 Å². The van der Waals surface area contributed by atoms with Crippen molar-refractivity contribution in [2.75, 3.05) is 25.1 Å². The van der Waals surface area contributed by atoms with Crippen LogP contribution in [-0.2, 0) is 11.3 Å². The molecule has 1 saturated heterocycles. The first kappa shape index (κ1) is 21.5. The smallest absolute Gasteiger partial charge is 0.359 e. The number of hydrogen-bond donors (Lipinski definition) is 0. The number of nitrogens with zero attached hydrogens (tertiary/aromatic N) is 5. The van der Waals surface area contributed by atoms with Crippen molar-refractivity contribution in [3.05, 3.63) is 65.7 Å². The molecule has 0 N–H and O–H groups in total. The molecule has 0 unspecified atom stereocenters. The maximum Gasteiger partial charge on any atom is 0.359 e. The molecule has 3 aromatic rings. The van der Waals surface area contributed by atoms with Crippen LogP contribution in [0.15, 0.2) is 48.9 Å². The van der Waals surface area contributed by atoms with Crippen LogP contribution in [0.3, 0.4) is 0 Å². The van der Waals surface area contributed by atoms with Gasteiger partial charge in [-0.25, -0.2) is 9.78 Å². The molecule has 9 nitrogen and oxygen atoms in total. The number of pyridine rings is 2. The fourth-order valence-electron chi connectivity index (χ4n) is 3.53. The SMILES string of the molecule is COc1ccc(OC2CCN(c3nnc(C(=O)OCc4ccncc4)cc3C)CC2)cn1. The van der Waals surface area contributed by atoms with Crippen LogP contribution < -0.4 is 14.4 Å². The molecule has 1 fully saturated rings.